The van der Waals surface area contributed by atoms with Gasteiger partial charge >= 0.3 is 7.12 Å². The Morgan fingerprint density at radius 1 is 1.00 bits per heavy atom. The Bertz CT molecular complexity index is 648. The second-order valence-corrected chi connectivity index (χ2v) is 6.71. The van der Waals surface area contributed by atoms with Crippen LogP contribution < -0.4 is 5.46 Å². The van der Waals surface area contributed by atoms with E-state index in [1.807, 2.05) is 46.8 Å². The SMILES string of the molecule is Cc1ccc(Cc2ncc(B3OC(C)(C)C(C)(C)O3)cn2)o1. The summed E-state index contributed by atoms with van der Waals surface area (Å²) < 4.78 is 17.5. The lowest BCUT2D eigenvalue weighted by Gasteiger charge is -2.32. The predicted octanol–water partition coefficient (Wildman–Crippen LogP) is 2.27. The summed E-state index contributed by atoms with van der Waals surface area (Å²) in [5.74, 6) is 2.47. The highest BCUT2D eigenvalue weighted by atomic mass is 16.7. The molecule has 2 aromatic rings. The predicted molar refractivity (Wildman–Crippen MR) is 84.0 cm³/mol. The van der Waals surface area contributed by atoms with Gasteiger partial charge in [-0.2, -0.15) is 0 Å². The minimum Gasteiger partial charge on any atom is -0.466 e. The van der Waals surface area contributed by atoms with Gasteiger partial charge in [-0.3, -0.25) is 0 Å². The van der Waals surface area contributed by atoms with Gasteiger partial charge < -0.3 is 13.7 Å². The van der Waals surface area contributed by atoms with Crippen LogP contribution in [0.5, 0.6) is 0 Å². The molecule has 1 fully saturated rings. The number of aromatic nitrogens is 2. The first kappa shape index (κ1) is 15.2. The van der Waals surface area contributed by atoms with Gasteiger partial charge in [0.25, 0.3) is 0 Å². The molecule has 1 saturated heterocycles. The summed E-state index contributed by atoms with van der Waals surface area (Å²) in [5.41, 5.74) is 0.113. The molecule has 22 heavy (non-hydrogen) atoms. The number of furan rings is 1. The normalized spacial score (nSPS) is 19.6. The van der Waals surface area contributed by atoms with Crippen molar-refractivity contribution in [3.63, 3.8) is 0 Å². The lowest BCUT2D eigenvalue weighted by Crippen LogP contribution is -2.41. The number of hydrogen-bond acceptors (Lipinski definition) is 5. The molecule has 5 nitrogen and oxygen atoms in total. The number of rotatable bonds is 3. The highest BCUT2D eigenvalue weighted by Gasteiger charge is 2.51. The minimum absolute atomic E-state index is 0.359. The molecule has 3 heterocycles. The van der Waals surface area contributed by atoms with E-state index < -0.39 is 7.12 Å². The van der Waals surface area contributed by atoms with Crippen LogP contribution in [0.1, 0.15) is 45.0 Å². The van der Waals surface area contributed by atoms with Crippen molar-refractivity contribution in [2.45, 2.75) is 52.2 Å². The van der Waals surface area contributed by atoms with Gasteiger partial charge in [-0.15, -0.1) is 0 Å². The van der Waals surface area contributed by atoms with Crippen molar-refractivity contribution in [1.82, 2.24) is 9.97 Å². The molecule has 6 heteroatoms. The zero-order valence-electron chi connectivity index (χ0n) is 13.7. The van der Waals surface area contributed by atoms with Gasteiger partial charge in [0.15, 0.2) is 0 Å². The Morgan fingerprint density at radius 2 is 1.59 bits per heavy atom. The van der Waals surface area contributed by atoms with Crippen LogP contribution in [0.4, 0.5) is 0 Å². The first-order valence-corrected chi connectivity index (χ1v) is 7.49. The Morgan fingerprint density at radius 3 is 2.09 bits per heavy atom. The molecule has 0 aromatic carbocycles. The molecule has 116 valence electrons. The van der Waals surface area contributed by atoms with E-state index in [0.29, 0.717) is 6.42 Å². The highest BCUT2D eigenvalue weighted by Crippen LogP contribution is 2.36. The molecule has 2 aromatic heterocycles. The van der Waals surface area contributed by atoms with E-state index in [1.54, 1.807) is 12.4 Å². The molecular weight excluding hydrogens is 279 g/mol. The first-order valence-electron chi connectivity index (χ1n) is 7.49. The van der Waals surface area contributed by atoms with Gasteiger partial charge in [0.2, 0.25) is 0 Å². The van der Waals surface area contributed by atoms with Crippen molar-refractivity contribution in [3.8, 4) is 0 Å². The van der Waals surface area contributed by atoms with Crippen molar-refractivity contribution in [1.29, 1.82) is 0 Å². The number of hydrogen-bond donors (Lipinski definition) is 0. The monoisotopic (exact) mass is 300 g/mol. The summed E-state index contributed by atoms with van der Waals surface area (Å²) in [4.78, 5) is 8.78. The standard InChI is InChI=1S/C16H21BN2O3/c1-11-6-7-13(20-11)8-14-18-9-12(10-19-14)17-21-15(2,3)16(4,5)22-17/h6-7,9-10H,8H2,1-5H3. The molecule has 0 spiro atoms. The molecule has 0 radical (unpaired) electrons. The zero-order chi connectivity index (χ0) is 16.0. The van der Waals surface area contributed by atoms with E-state index in [1.165, 1.54) is 0 Å². The molecule has 1 aliphatic heterocycles. The van der Waals surface area contributed by atoms with E-state index in [2.05, 4.69) is 9.97 Å². The van der Waals surface area contributed by atoms with Crippen LogP contribution in [-0.2, 0) is 15.7 Å². The molecule has 0 atom stereocenters. The third kappa shape index (κ3) is 2.81. The molecule has 0 N–H and O–H groups in total. The van der Waals surface area contributed by atoms with Crippen LogP contribution in [0, 0.1) is 6.92 Å². The summed E-state index contributed by atoms with van der Waals surface area (Å²) >= 11 is 0. The third-order valence-corrected chi connectivity index (χ3v) is 4.38. The maximum Gasteiger partial charge on any atom is 0.498 e. The van der Waals surface area contributed by atoms with E-state index in [-0.39, 0.29) is 11.2 Å². The van der Waals surface area contributed by atoms with E-state index in [0.717, 1.165) is 22.8 Å². The summed E-state index contributed by atoms with van der Waals surface area (Å²) in [6.45, 7) is 10.0. The topological polar surface area (TPSA) is 57.4 Å². The van der Waals surface area contributed by atoms with Crippen LogP contribution in [0.2, 0.25) is 0 Å². The fraction of sp³-hybridized carbons (Fsp3) is 0.500. The van der Waals surface area contributed by atoms with Crippen LogP contribution >= 0.6 is 0 Å². The van der Waals surface area contributed by atoms with Crippen LogP contribution in [0.25, 0.3) is 0 Å². The Labute approximate surface area is 131 Å². The van der Waals surface area contributed by atoms with Gasteiger partial charge in [-0.05, 0) is 46.8 Å². The van der Waals surface area contributed by atoms with E-state index in [9.17, 15) is 0 Å². The Kier molecular flexibility index (Phi) is 3.61. The summed E-state index contributed by atoms with van der Waals surface area (Å²) in [7, 11) is -0.426. The minimum atomic E-state index is -0.426. The van der Waals surface area contributed by atoms with Gasteiger partial charge in [-0.25, -0.2) is 9.97 Å². The molecule has 0 saturated carbocycles. The molecule has 0 unspecified atom stereocenters. The largest absolute Gasteiger partial charge is 0.498 e. The second-order valence-electron chi connectivity index (χ2n) is 6.71. The van der Waals surface area contributed by atoms with Gasteiger partial charge in [0.1, 0.15) is 17.3 Å². The van der Waals surface area contributed by atoms with Gasteiger partial charge in [0.05, 0.1) is 17.6 Å². The van der Waals surface area contributed by atoms with Gasteiger partial charge in [0, 0.05) is 17.9 Å². The average molecular weight is 300 g/mol. The van der Waals surface area contributed by atoms with Crippen molar-refractivity contribution in [2.24, 2.45) is 0 Å². The fourth-order valence-electron chi connectivity index (χ4n) is 2.29. The van der Waals surface area contributed by atoms with E-state index >= 15 is 0 Å². The number of nitrogens with zero attached hydrogens (tertiary/aromatic N) is 2. The second kappa shape index (κ2) is 5.21. The van der Waals surface area contributed by atoms with Crippen LogP contribution in [-0.4, -0.2) is 28.3 Å². The van der Waals surface area contributed by atoms with Crippen LogP contribution in [0.3, 0.4) is 0 Å². The number of aryl methyl sites for hydroxylation is 1. The molecular formula is C16H21BN2O3. The van der Waals surface area contributed by atoms with Crippen molar-refractivity contribution in [3.05, 3.63) is 41.9 Å². The summed E-state index contributed by atoms with van der Waals surface area (Å²) in [6, 6.07) is 3.88. The van der Waals surface area contributed by atoms with Crippen molar-refractivity contribution >= 4 is 12.6 Å². The quantitative estimate of drug-likeness (QED) is 0.814. The smallest absolute Gasteiger partial charge is 0.466 e. The molecule has 1 aliphatic rings. The van der Waals surface area contributed by atoms with Gasteiger partial charge in [-0.1, -0.05) is 0 Å². The van der Waals surface area contributed by atoms with Crippen molar-refractivity contribution in [2.75, 3.05) is 0 Å². The highest BCUT2D eigenvalue weighted by molar-refractivity contribution is 6.61. The lowest BCUT2D eigenvalue weighted by molar-refractivity contribution is 0.00578. The van der Waals surface area contributed by atoms with E-state index in [4.69, 9.17) is 13.7 Å². The Balaban J connectivity index is 1.72. The average Bonchev–Trinajstić information content (AvgIpc) is 2.92. The zero-order valence-corrected chi connectivity index (χ0v) is 13.7. The molecule has 0 amide bonds. The third-order valence-electron chi connectivity index (χ3n) is 4.38. The molecule has 3 rings (SSSR count). The molecule has 0 bridgehead atoms. The van der Waals surface area contributed by atoms with Crippen molar-refractivity contribution < 1.29 is 13.7 Å². The Hall–Kier alpha value is -1.66. The maximum atomic E-state index is 5.99. The lowest BCUT2D eigenvalue weighted by atomic mass is 9.81. The maximum absolute atomic E-state index is 5.99. The van der Waals surface area contributed by atoms with Crippen LogP contribution in [0.15, 0.2) is 28.9 Å². The first-order chi connectivity index (χ1) is 10.3. The summed E-state index contributed by atoms with van der Waals surface area (Å²) in [6.07, 6.45) is 4.11. The fourth-order valence-corrected chi connectivity index (χ4v) is 2.29. The molecule has 0 aliphatic carbocycles. The summed E-state index contributed by atoms with van der Waals surface area (Å²) in [5, 5.41) is 0.